The third-order valence-corrected chi connectivity index (χ3v) is 10.3. The Kier molecular flexibility index (Phi) is 43.9. The molecule has 3 N–H and O–H groups in total. The van der Waals surface area contributed by atoms with Gasteiger partial charge in [0.2, 0.25) is 5.91 Å². The highest BCUT2D eigenvalue weighted by atomic mass is 16.5. The van der Waals surface area contributed by atoms with Crippen molar-refractivity contribution < 1.29 is 24.5 Å². The van der Waals surface area contributed by atoms with Crippen molar-refractivity contribution in [2.45, 2.75) is 212 Å². The molecule has 1 amide bonds. The fourth-order valence-corrected chi connectivity index (χ4v) is 6.70. The molecule has 60 heavy (non-hydrogen) atoms. The number of carbonyl (C=O) groups is 2. The normalized spacial score (nSPS) is 14.3. The Balaban J connectivity index is 4.76. The molecule has 0 aliphatic carbocycles. The van der Waals surface area contributed by atoms with Crippen LogP contribution in [0.2, 0.25) is 0 Å². The summed E-state index contributed by atoms with van der Waals surface area (Å²) in [5.74, 6) is -0.585. The third kappa shape index (κ3) is 41.3. The second-order valence-corrected chi connectivity index (χ2v) is 16.0. The minimum atomic E-state index is -0.817. The van der Waals surface area contributed by atoms with Gasteiger partial charge in [-0.2, -0.15) is 0 Å². The van der Waals surface area contributed by atoms with Gasteiger partial charge in [-0.1, -0.05) is 233 Å². The molecule has 0 aliphatic heterocycles. The number of hydrogen-bond acceptors (Lipinski definition) is 5. The van der Waals surface area contributed by atoms with E-state index in [1.807, 2.05) is 66.8 Å². The van der Waals surface area contributed by atoms with Gasteiger partial charge < -0.3 is 20.3 Å². The van der Waals surface area contributed by atoms with Crippen molar-refractivity contribution >= 4 is 11.9 Å². The van der Waals surface area contributed by atoms with Crippen LogP contribution in [0.4, 0.5) is 0 Å². The van der Waals surface area contributed by atoms with Gasteiger partial charge >= 0.3 is 5.97 Å². The van der Waals surface area contributed by atoms with Gasteiger partial charge in [0.15, 0.2) is 0 Å². The molecular weight excluding hydrogens is 743 g/mol. The Morgan fingerprint density at radius 2 is 0.917 bits per heavy atom. The first-order valence-corrected chi connectivity index (χ1v) is 24.2. The summed E-state index contributed by atoms with van der Waals surface area (Å²) < 4.78 is 5.87. The number of amides is 1. The first-order chi connectivity index (χ1) is 29.5. The van der Waals surface area contributed by atoms with Gasteiger partial charge in [-0.15, -0.1) is 0 Å². The number of nitrogens with one attached hydrogen (secondary N) is 1. The highest BCUT2D eigenvalue weighted by Gasteiger charge is 2.24. The first kappa shape index (κ1) is 56.5. The van der Waals surface area contributed by atoms with Crippen LogP contribution in [0.3, 0.4) is 0 Å². The topological polar surface area (TPSA) is 95.9 Å². The molecule has 0 aromatic rings. The molecule has 6 heteroatoms. The Labute approximate surface area is 368 Å². The van der Waals surface area contributed by atoms with Crippen molar-refractivity contribution in [2.24, 2.45) is 0 Å². The Morgan fingerprint density at radius 1 is 0.500 bits per heavy atom. The van der Waals surface area contributed by atoms with Crippen LogP contribution >= 0.6 is 0 Å². The number of allylic oxidation sites excluding steroid dienone is 18. The number of ether oxygens (including phenoxy) is 1. The molecule has 0 rings (SSSR count). The number of aliphatic hydroxyl groups excluding tert-OH is 2. The molecule has 3 atom stereocenters. The van der Waals surface area contributed by atoms with Crippen molar-refractivity contribution in [3.05, 3.63) is 109 Å². The average molecular weight is 832 g/mol. The molecule has 0 radical (unpaired) electrons. The van der Waals surface area contributed by atoms with E-state index in [1.54, 1.807) is 0 Å². The summed E-state index contributed by atoms with van der Waals surface area (Å²) in [6.07, 6.45) is 62.9. The smallest absolute Gasteiger partial charge is 0.306 e. The number of unbranched alkanes of at least 4 members (excludes halogenated alkanes) is 18. The lowest BCUT2D eigenvalue weighted by atomic mass is 10.0. The number of esters is 1. The Morgan fingerprint density at radius 3 is 1.40 bits per heavy atom. The number of hydrogen-bond donors (Lipinski definition) is 3. The maximum absolute atomic E-state index is 13.2. The van der Waals surface area contributed by atoms with Crippen LogP contribution in [0.5, 0.6) is 0 Å². The van der Waals surface area contributed by atoms with Crippen LogP contribution in [0.25, 0.3) is 0 Å². The van der Waals surface area contributed by atoms with Crippen molar-refractivity contribution in [3.63, 3.8) is 0 Å². The molecule has 0 heterocycles. The van der Waals surface area contributed by atoms with Gasteiger partial charge in [0, 0.05) is 6.42 Å². The molecule has 0 aliphatic rings. The molecule has 340 valence electrons. The molecule has 0 bridgehead atoms. The molecule has 0 aromatic carbocycles. The van der Waals surface area contributed by atoms with Crippen LogP contribution in [0.1, 0.15) is 194 Å². The van der Waals surface area contributed by atoms with Crippen LogP contribution in [0, 0.1) is 0 Å². The summed E-state index contributed by atoms with van der Waals surface area (Å²) in [6, 6.07) is -0.736. The van der Waals surface area contributed by atoms with E-state index in [9.17, 15) is 19.8 Å². The van der Waals surface area contributed by atoms with E-state index in [0.717, 1.165) is 83.5 Å². The predicted molar refractivity (Wildman–Crippen MR) is 259 cm³/mol. The number of aliphatic hydroxyl groups is 2. The van der Waals surface area contributed by atoms with E-state index in [1.165, 1.54) is 64.2 Å². The SMILES string of the molecule is CC/C=C/C=C/C=C\C=C/C=C/CCCC(CC(=O)NC(CO)C(O)CCCCCCCCCCCCCCC)OC(=O)CCCCCCC\C=C/C=C/C=C/C=C/CC. The fraction of sp³-hybridized carbons (Fsp3) is 0.630. The van der Waals surface area contributed by atoms with Gasteiger partial charge in [0.05, 0.1) is 25.2 Å². The molecular formula is C54H89NO5. The standard InChI is InChI=1S/C54H89NO5/c1-4-7-10-13-16-19-22-25-26-29-32-35-38-41-44-47-54(59)60-50(45-42-39-36-33-30-27-23-20-17-14-11-8-5-2)48-53(58)55-51(49-56)52(57)46-43-40-37-34-31-28-24-21-18-15-12-9-6-3/h7-8,10-11,13-14,16-17,19-20,22-23,25-27,30,33,36,50-52,56-57H,4-6,9,12,15,18,21,24,28-29,31-32,34-35,37-49H2,1-3H3,(H,55,58)/b10-7+,11-8+,16-13+,17-14+,22-19+,23-20-,26-25-,30-27-,36-33+. The lowest BCUT2D eigenvalue weighted by Gasteiger charge is -2.24. The largest absolute Gasteiger partial charge is 0.462 e. The second-order valence-electron chi connectivity index (χ2n) is 16.0. The predicted octanol–water partition coefficient (Wildman–Crippen LogP) is 14.3. The van der Waals surface area contributed by atoms with Crippen LogP contribution < -0.4 is 5.32 Å². The highest BCUT2D eigenvalue weighted by Crippen LogP contribution is 2.16. The van der Waals surface area contributed by atoms with Crippen molar-refractivity contribution in [2.75, 3.05) is 6.61 Å². The Hall–Kier alpha value is -3.48. The summed E-state index contributed by atoms with van der Waals surface area (Å²) >= 11 is 0. The second kappa shape index (κ2) is 46.6. The zero-order chi connectivity index (χ0) is 43.8. The third-order valence-electron chi connectivity index (χ3n) is 10.3. The van der Waals surface area contributed by atoms with E-state index in [0.29, 0.717) is 19.3 Å². The zero-order valence-electron chi connectivity index (χ0n) is 38.5. The summed E-state index contributed by atoms with van der Waals surface area (Å²) in [5.41, 5.74) is 0. The molecule has 0 spiro atoms. The minimum absolute atomic E-state index is 0.0119. The number of carbonyl (C=O) groups excluding carboxylic acids is 2. The molecule has 0 saturated heterocycles. The molecule has 3 unspecified atom stereocenters. The van der Waals surface area contributed by atoms with E-state index in [-0.39, 0.29) is 24.9 Å². The lowest BCUT2D eigenvalue weighted by molar-refractivity contribution is -0.151. The highest BCUT2D eigenvalue weighted by molar-refractivity contribution is 5.77. The summed E-state index contributed by atoms with van der Waals surface area (Å²) in [5, 5.41) is 23.7. The average Bonchev–Trinajstić information content (AvgIpc) is 3.24. The van der Waals surface area contributed by atoms with E-state index < -0.39 is 18.2 Å². The first-order valence-electron chi connectivity index (χ1n) is 24.2. The Bertz CT molecular complexity index is 1250. The van der Waals surface area contributed by atoms with E-state index in [4.69, 9.17) is 4.74 Å². The van der Waals surface area contributed by atoms with Gasteiger partial charge in [0.25, 0.3) is 0 Å². The molecule has 0 saturated carbocycles. The molecule has 0 aromatic heterocycles. The summed E-state index contributed by atoms with van der Waals surface area (Å²) in [4.78, 5) is 26.1. The quantitative estimate of drug-likeness (QED) is 0.0324. The van der Waals surface area contributed by atoms with Gasteiger partial charge in [-0.3, -0.25) is 9.59 Å². The van der Waals surface area contributed by atoms with Gasteiger partial charge in [-0.05, 0) is 57.8 Å². The van der Waals surface area contributed by atoms with E-state index in [2.05, 4.69) is 68.6 Å². The zero-order valence-corrected chi connectivity index (χ0v) is 38.5. The van der Waals surface area contributed by atoms with E-state index >= 15 is 0 Å². The summed E-state index contributed by atoms with van der Waals surface area (Å²) in [6.45, 7) is 6.15. The van der Waals surface area contributed by atoms with Crippen molar-refractivity contribution in [1.82, 2.24) is 5.32 Å². The van der Waals surface area contributed by atoms with Crippen LogP contribution in [-0.4, -0.2) is 46.9 Å². The van der Waals surface area contributed by atoms with Crippen molar-refractivity contribution in [1.29, 1.82) is 0 Å². The van der Waals surface area contributed by atoms with Crippen LogP contribution in [-0.2, 0) is 14.3 Å². The van der Waals surface area contributed by atoms with Gasteiger partial charge in [-0.25, -0.2) is 0 Å². The van der Waals surface area contributed by atoms with Crippen molar-refractivity contribution in [3.8, 4) is 0 Å². The minimum Gasteiger partial charge on any atom is -0.462 e. The number of rotatable bonds is 41. The van der Waals surface area contributed by atoms with Crippen LogP contribution in [0.15, 0.2) is 109 Å². The molecule has 0 fully saturated rings. The lowest BCUT2D eigenvalue weighted by Crippen LogP contribution is -2.46. The monoisotopic (exact) mass is 832 g/mol. The fourth-order valence-electron chi connectivity index (χ4n) is 6.70. The summed E-state index contributed by atoms with van der Waals surface area (Å²) in [7, 11) is 0. The maximum Gasteiger partial charge on any atom is 0.306 e. The molecule has 6 nitrogen and oxygen atoms in total. The van der Waals surface area contributed by atoms with Gasteiger partial charge in [0.1, 0.15) is 6.10 Å². The maximum atomic E-state index is 13.2.